The summed E-state index contributed by atoms with van der Waals surface area (Å²) in [6, 6.07) is 0. The molecular formula is C16H33B. The molecule has 0 amide bonds. The van der Waals surface area contributed by atoms with Crippen molar-refractivity contribution in [3.05, 3.63) is 0 Å². The predicted octanol–water partition coefficient (Wildman–Crippen LogP) is 6.05. The van der Waals surface area contributed by atoms with E-state index >= 15 is 0 Å². The van der Waals surface area contributed by atoms with Gasteiger partial charge in [0.25, 0.3) is 0 Å². The molecule has 0 saturated carbocycles. The normalized spacial score (nSPS) is 14.8. The largest absolute Gasteiger partial charge is 0.0742 e. The van der Waals surface area contributed by atoms with Crippen LogP contribution in [0.3, 0.4) is 0 Å². The fourth-order valence-corrected chi connectivity index (χ4v) is 2.19. The highest BCUT2D eigenvalue weighted by Gasteiger charge is 2.12. The monoisotopic (exact) mass is 236 g/mol. The molecule has 0 aliphatic carbocycles. The van der Waals surface area contributed by atoms with Crippen molar-refractivity contribution < 1.29 is 0 Å². The van der Waals surface area contributed by atoms with Crippen LogP contribution in [0.25, 0.3) is 0 Å². The van der Waals surface area contributed by atoms with Gasteiger partial charge in [0.2, 0.25) is 0 Å². The van der Waals surface area contributed by atoms with Gasteiger partial charge < -0.3 is 0 Å². The van der Waals surface area contributed by atoms with Gasteiger partial charge in [-0.1, -0.05) is 103 Å². The molecule has 17 heavy (non-hydrogen) atoms. The van der Waals surface area contributed by atoms with Crippen LogP contribution in [-0.2, 0) is 0 Å². The SMILES string of the molecule is [B]C(C)(CC)CCCCCCCCCCCC. The van der Waals surface area contributed by atoms with E-state index in [-0.39, 0.29) is 5.31 Å². The number of rotatable bonds is 12. The molecule has 0 fully saturated rings. The Labute approximate surface area is 111 Å². The lowest BCUT2D eigenvalue weighted by atomic mass is 9.65. The van der Waals surface area contributed by atoms with Gasteiger partial charge in [-0.3, -0.25) is 0 Å². The summed E-state index contributed by atoms with van der Waals surface area (Å²) in [5.41, 5.74) is 0. The third-order valence-electron chi connectivity index (χ3n) is 3.91. The van der Waals surface area contributed by atoms with Crippen molar-refractivity contribution in [2.75, 3.05) is 0 Å². The molecule has 0 nitrogen and oxygen atoms in total. The molecule has 1 unspecified atom stereocenters. The van der Waals surface area contributed by atoms with Crippen LogP contribution in [0, 0.1) is 0 Å². The Morgan fingerprint density at radius 3 is 1.53 bits per heavy atom. The van der Waals surface area contributed by atoms with Crippen molar-refractivity contribution in [3.63, 3.8) is 0 Å². The molecule has 1 heteroatoms. The molecule has 0 aliphatic heterocycles. The van der Waals surface area contributed by atoms with Crippen LogP contribution in [0.2, 0.25) is 5.31 Å². The van der Waals surface area contributed by atoms with Gasteiger partial charge in [-0.2, -0.15) is 0 Å². The van der Waals surface area contributed by atoms with Gasteiger partial charge in [0.05, 0.1) is 7.85 Å². The topological polar surface area (TPSA) is 0 Å². The first-order chi connectivity index (χ1) is 8.12. The first-order valence-corrected chi connectivity index (χ1v) is 7.91. The van der Waals surface area contributed by atoms with E-state index in [1.54, 1.807) is 0 Å². The van der Waals surface area contributed by atoms with Crippen LogP contribution >= 0.6 is 0 Å². The van der Waals surface area contributed by atoms with Crippen LogP contribution in [0.1, 0.15) is 97.8 Å². The van der Waals surface area contributed by atoms with Crippen LogP contribution in [0.4, 0.5) is 0 Å². The Bertz CT molecular complexity index is 152. The lowest BCUT2D eigenvalue weighted by Crippen LogP contribution is -2.05. The highest BCUT2D eigenvalue weighted by Crippen LogP contribution is 2.31. The van der Waals surface area contributed by atoms with Gasteiger partial charge in [0.1, 0.15) is 0 Å². The van der Waals surface area contributed by atoms with E-state index in [1.807, 2.05) is 0 Å². The highest BCUT2D eigenvalue weighted by atomic mass is 14.1. The number of hydrogen-bond acceptors (Lipinski definition) is 0. The van der Waals surface area contributed by atoms with Crippen molar-refractivity contribution in [2.45, 2.75) is 103 Å². The second kappa shape index (κ2) is 11.2. The van der Waals surface area contributed by atoms with Crippen LogP contribution in [-0.4, -0.2) is 7.85 Å². The molecule has 0 saturated heterocycles. The van der Waals surface area contributed by atoms with Gasteiger partial charge in [-0.15, -0.1) is 0 Å². The predicted molar refractivity (Wildman–Crippen MR) is 80.9 cm³/mol. The van der Waals surface area contributed by atoms with Crippen molar-refractivity contribution in [1.82, 2.24) is 0 Å². The fourth-order valence-electron chi connectivity index (χ4n) is 2.19. The number of hydrogen-bond donors (Lipinski definition) is 0. The zero-order valence-corrected chi connectivity index (χ0v) is 12.6. The van der Waals surface area contributed by atoms with Crippen molar-refractivity contribution in [1.29, 1.82) is 0 Å². The molecular weight excluding hydrogens is 203 g/mol. The summed E-state index contributed by atoms with van der Waals surface area (Å²) >= 11 is 0. The van der Waals surface area contributed by atoms with E-state index < -0.39 is 0 Å². The maximum absolute atomic E-state index is 6.12. The highest BCUT2D eigenvalue weighted by molar-refractivity contribution is 6.14. The lowest BCUT2D eigenvalue weighted by Gasteiger charge is -2.22. The molecule has 0 aliphatic rings. The standard InChI is InChI=1S/C16H33B/c1-4-6-7-8-9-10-11-12-13-14-15-16(3,17)5-2/h4-15H2,1-3H3. The number of unbranched alkanes of at least 4 members (excludes halogenated alkanes) is 9. The molecule has 2 radical (unpaired) electrons. The molecule has 0 aromatic heterocycles. The van der Waals surface area contributed by atoms with E-state index in [1.165, 1.54) is 70.6 Å². The molecule has 0 heterocycles. The van der Waals surface area contributed by atoms with E-state index in [9.17, 15) is 0 Å². The molecule has 0 aromatic rings. The first-order valence-electron chi connectivity index (χ1n) is 7.91. The average Bonchev–Trinajstić information content (AvgIpc) is 2.31. The van der Waals surface area contributed by atoms with E-state index in [4.69, 9.17) is 7.85 Å². The quantitative estimate of drug-likeness (QED) is 0.285. The van der Waals surface area contributed by atoms with Gasteiger partial charge in [-0.05, 0) is 0 Å². The van der Waals surface area contributed by atoms with Crippen LogP contribution in [0.5, 0.6) is 0 Å². The zero-order valence-electron chi connectivity index (χ0n) is 12.6. The summed E-state index contributed by atoms with van der Waals surface area (Å²) in [7, 11) is 6.12. The summed E-state index contributed by atoms with van der Waals surface area (Å²) in [5, 5.41) is 0.0835. The van der Waals surface area contributed by atoms with Gasteiger partial charge >= 0.3 is 0 Å². The molecule has 0 N–H and O–H groups in total. The molecule has 100 valence electrons. The van der Waals surface area contributed by atoms with E-state index in [0.29, 0.717) is 0 Å². The second-order valence-corrected chi connectivity index (χ2v) is 5.94. The minimum absolute atomic E-state index is 0.0835. The van der Waals surface area contributed by atoms with Crippen molar-refractivity contribution in [2.24, 2.45) is 0 Å². The average molecular weight is 236 g/mol. The van der Waals surface area contributed by atoms with Crippen molar-refractivity contribution >= 4 is 7.85 Å². The summed E-state index contributed by atoms with van der Waals surface area (Å²) < 4.78 is 0. The Morgan fingerprint density at radius 2 is 1.12 bits per heavy atom. The first kappa shape index (κ1) is 17.1. The van der Waals surface area contributed by atoms with Gasteiger partial charge in [0.15, 0.2) is 0 Å². The van der Waals surface area contributed by atoms with Crippen LogP contribution in [0.15, 0.2) is 0 Å². The Balaban J connectivity index is 3.09. The van der Waals surface area contributed by atoms with E-state index in [2.05, 4.69) is 20.8 Å². The summed E-state index contributed by atoms with van der Waals surface area (Å²) in [4.78, 5) is 0. The fraction of sp³-hybridized carbons (Fsp3) is 1.00. The third kappa shape index (κ3) is 12.3. The molecule has 0 bridgehead atoms. The Morgan fingerprint density at radius 1 is 0.706 bits per heavy atom. The Kier molecular flexibility index (Phi) is 11.2. The maximum Gasteiger partial charge on any atom is 0.0742 e. The third-order valence-corrected chi connectivity index (χ3v) is 3.91. The minimum atomic E-state index is 0.0835. The Hall–Kier alpha value is 0.0649. The molecule has 0 rings (SSSR count). The second-order valence-electron chi connectivity index (χ2n) is 5.94. The summed E-state index contributed by atoms with van der Waals surface area (Å²) in [6.07, 6.45) is 16.4. The zero-order chi connectivity index (χ0) is 13.0. The smallest absolute Gasteiger partial charge is 0.0691 e. The molecule has 0 spiro atoms. The maximum atomic E-state index is 6.12. The lowest BCUT2D eigenvalue weighted by molar-refractivity contribution is 0.486. The summed E-state index contributed by atoms with van der Waals surface area (Å²) in [6.45, 7) is 6.65. The molecule has 0 aromatic carbocycles. The van der Waals surface area contributed by atoms with E-state index in [0.717, 1.165) is 6.42 Å². The summed E-state index contributed by atoms with van der Waals surface area (Å²) in [5.74, 6) is 0. The minimum Gasteiger partial charge on any atom is -0.0691 e. The van der Waals surface area contributed by atoms with Crippen molar-refractivity contribution in [3.8, 4) is 0 Å². The van der Waals surface area contributed by atoms with Crippen LogP contribution < -0.4 is 0 Å². The van der Waals surface area contributed by atoms with Gasteiger partial charge in [0, 0.05) is 0 Å². The van der Waals surface area contributed by atoms with Gasteiger partial charge in [-0.25, -0.2) is 0 Å². The molecule has 1 atom stereocenters.